The van der Waals surface area contributed by atoms with Gasteiger partial charge in [-0.25, -0.2) is 4.79 Å². The van der Waals surface area contributed by atoms with Crippen LogP contribution >= 0.6 is 0 Å². The predicted molar refractivity (Wildman–Crippen MR) is 137 cm³/mol. The van der Waals surface area contributed by atoms with E-state index in [1.807, 2.05) is 75.4 Å². The molecule has 0 unspecified atom stereocenters. The molecule has 1 N–H and O–H groups in total. The van der Waals surface area contributed by atoms with Crippen molar-refractivity contribution in [3.05, 3.63) is 65.7 Å². The fourth-order valence-electron chi connectivity index (χ4n) is 3.91. The van der Waals surface area contributed by atoms with Gasteiger partial charge in [-0.2, -0.15) is 5.26 Å². The van der Waals surface area contributed by atoms with Crippen LogP contribution in [0.5, 0.6) is 5.75 Å². The summed E-state index contributed by atoms with van der Waals surface area (Å²) in [5.41, 5.74) is 1.99. The molecule has 0 radical (unpaired) electrons. The lowest BCUT2D eigenvalue weighted by atomic mass is 10.1. The number of hydrogen-bond acceptors (Lipinski definition) is 6. The minimum atomic E-state index is -0.493. The van der Waals surface area contributed by atoms with E-state index in [4.69, 9.17) is 9.47 Å². The zero-order valence-corrected chi connectivity index (χ0v) is 20.8. The maximum Gasteiger partial charge on any atom is 0.410 e. The maximum atomic E-state index is 12.2. The van der Waals surface area contributed by atoms with Crippen LogP contribution < -0.4 is 9.64 Å². The number of rotatable bonds is 8. The van der Waals surface area contributed by atoms with Gasteiger partial charge in [-0.3, -0.25) is 0 Å². The van der Waals surface area contributed by atoms with E-state index in [0.29, 0.717) is 31.7 Å². The van der Waals surface area contributed by atoms with Gasteiger partial charge in [0, 0.05) is 44.7 Å². The molecule has 0 saturated carbocycles. The summed E-state index contributed by atoms with van der Waals surface area (Å²) in [4.78, 5) is 16.0. The second kappa shape index (κ2) is 12.3. The number of piperidine rings is 1. The van der Waals surface area contributed by atoms with Gasteiger partial charge < -0.3 is 24.4 Å². The largest absolute Gasteiger partial charge is 0.490 e. The first-order valence-electron chi connectivity index (χ1n) is 12.0. The summed E-state index contributed by atoms with van der Waals surface area (Å²) in [6.45, 7) is 7.98. The molecular formula is C28H35N3O4. The Morgan fingerprint density at radius 1 is 1.17 bits per heavy atom. The number of carbonyl (C=O) groups is 1. The number of aliphatic hydroxyl groups is 1. The van der Waals surface area contributed by atoms with Crippen LogP contribution in [0.15, 0.2) is 54.6 Å². The van der Waals surface area contributed by atoms with Gasteiger partial charge in [0.2, 0.25) is 0 Å². The summed E-state index contributed by atoms with van der Waals surface area (Å²) in [5.74, 6) is 0.784. The molecule has 1 fully saturated rings. The van der Waals surface area contributed by atoms with E-state index >= 15 is 0 Å². The number of anilines is 1. The number of likely N-dealkylation sites (tertiary alicyclic amines) is 1. The van der Waals surface area contributed by atoms with Crippen LogP contribution in [0.25, 0.3) is 6.08 Å². The van der Waals surface area contributed by atoms with Crippen LogP contribution in [0, 0.1) is 11.3 Å². The predicted octanol–water partition coefficient (Wildman–Crippen LogP) is 4.85. The van der Waals surface area contributed by atoms with Gasteiger partial charge in [0.1, 0.15) is 17.5 Å². The van der Waals surface area contributed by atoms with Crippen LogP contribution in [0.3, 0.4) is 0 Å². The molecule has 186 valence electrons. The van der Waals surface area contributed by atoms with E-state index in [2.05, 4.69) is 11.0 Å². The lowest BCUT2D eigenvalue weighted by Gasteiger charge is -2.33. The average Bonchev–Trinajstić information content (AvgIpc) is 2.84. The molecule has 1 aliphatic rings. The van der Waals surface area contributed by atoms with Gasteiger partial charge >= 0.3 is 6.09 Å². The van der Waals surface area contributed by atoms with Gasteiger partial charge in [0.25, 0.3) is 0 Å². The van der Waals surface area contributed by atoms with Gasteiger partial charge in [-0.15, -0.1) is 0 Å². The molecule has 0 aromatic heterocycles. The first-order chi connectivity index (χ1) is 16.8. The highest BCUT2D eigenvalue weighted by Crippen LogP contribution is 2.24. The maximum absolute atomic E-state index is 12.2. The molecule has 1 saturated heterocycles. The molecule has 7 heteroatoms. The third-order valence-corrected chi connectivity index (χ3v) is 5.67. The SMILES string of the molecule is CC(C)(C)OC(=O)N1CCC(Oc2ccc(N(CC=Cc3ccccc3C#N)CCO)cc2)CC1. The van der Waals surface area contributed by atoms with Crippen molar-refractivity contribution in [3.8, 4) is 11.8 Å². The fourth-order valence-corrected chi connectivity index (χ4v) is 3.91. The molecule has 0 atom stereocenters. The van der Waals surface area contributed by atoms with E-state index in [1.165, 1.54) is 0 Å². The summed E-state index contributed by atoms with van der Waals surface area (Å²) in [5, 5.41) is 18.8. The van der Waals surface area contributed by atoms with Gasteiger partial charge in [-0.05, 0) is 56.7 Å². The van der Waals surface area contributed by atoms with Crippen LogP contribution in [0.2, 0.25) is 0 Å². The molecule has 2 aromatic rings. The summed E-state index contributed by atoms with van der Waals surface area (Å²) < 4.78 is 11.6. The lowest BCUT2D eigenvalue weighted by Crippen LogP contribution is -2.44. The summed E-state index contributed by atoms with van der Waals surface area (Å²) in [7, 11) is 0. The highest BCUT2D eigenvalue weighted by atomic mass is 16.6. The van der Waals surface area contributed by atoms with Crippen molar-refractivity contribution in [2.75, 3.05) is 37.7 Å². The number of amides is 1. The minimum absolute atomic E-state index is 0.0388. The number of aliphatic hydroxyl groups excluding tert-OH is 1. The Hall–Kier alpha value is -3.50. The Labute approximate surface area is 208 Å². The standard InChI is InChI=1S/C28H35N3O4/c1-28(2,3)35-27(33)31-17-14-26(15-18-31)34-25-12-10-24(11-13-25)30(19-20-32)16-6-9-22-7-4-5-8-23(22)21-29/h4-13,26,32H,14-20H2,1-3H3. The highest BCUT2D eigenvalue weighted by molar-refractivity contribution is 5.68. The Bertz CT molecular complexity index is 1030. The first kappa shape index (κ1) is 26.1. The molecule has 3 rings (SSSR count). The summed E-state index contributed by atoms with van der Waals surface area (Å²) in [6, 6.07) is 17.5. The molecule has 0 bridgehead atoms. The minimum Gasteiger partial charge on any atom is -0.490 e. The van der Waals surface area contributed by atoms with E-state index in [1.54, 1.807) is 11.0 Å². The molecule has 1 heterocycles. The zero-order valence-electron chi connectivity index (χ0n) is 20.8. The van der Waals surface area contributed by atoms with Crippen LogP contribution in [-0.2, 0) is 4.74 Å². The van der Waals surface area contributed by atoms with Crippen molar-refractivity contribution >= 4 is 17.9 Å². The van der Waals surface area contributed by atoms with E-state index in [9.17, 15) is 15.2 Å². The zero-order chi connectivity index (χ0) is 25.3. The normalized spacial score (nSPS) is 14.5. The monoisotopic (exact) mass is 477 g/mol. The molecule has 1 aliphatic heterocycles. The smallest absolute Gasteiger partial charge is 0.410 e. The molecule has 0 aliphatic carbocycles. The number of nitriles is 1. The highest BCUT2D eigenvalue weighted by Gasteiger charge is 2.27. The summed E-state index contributed by atoms with van der Waals surface area (Å²) >= 11 is 0. The van der Waals surface area contributed by atoms with Gasteiger partial charge in [-0.1, -0.05) is 30.4 Å². The third-order valence-electron chi connectivity index (χ3n) is 5.67. The fraction of sp³-hybridized carbons (Fsp3) is 0.429. The van der Waals surface area contributed by atoms with Crippen molar-refractivity contribution in [3.63, 3.8) is 0 Å². The second-order valence-electron chi connectivity index (χ2n) is 9.55. The van der Waals surface area contributed by atoms with Crippen molar-refractivity contribution < 1.29 is 19.4 Å². The molecule has 2 aromatic carbocycles. The van der Waals surface area contributed by atoms with E-state index < -0.39 is 5.60 Å². The van der Waals surface area contributed by atoms with E-state index in [-0.39, 0.29) is 18.8 Å². The molecule has 35 heavy (non-hydrogen) atoms. The Balaban J connectivity index is 1.53. The van der Waals surface area contributed by atoms with Crippen LogP contribution in [-0.4, -0.2) is 60.6 Å². The molecule has 1 amide bonds. The average molecular weight is 478 g/mol. The van der Waals surface area contributed by atoms with Gasteiger partial charge in [0.05, 0.1) is 18.2 Å². The topological polar surface area (TPSA) is 86.0 Å². The Morgan fingerprint density at radius 2 is 1.86 bits per heavy atom. The third kappa shape index (κ3) is 8.04. The van der Waals surface area contributed by atoms with Crippen molar-refractivity contribution in [2.24, 2.45) is 0 Å². The molecule has 7 nitrogen and oxygen atoms in total. The Kier molecular flexibility index (Phi) is 9.16. The number of ether oxygens (including phenoxy) is 2. The molecular weight excluding hydrogens is 442 g/mol. The summed E-state index contributed by atoms with van der Waals surface area (Å²) in [6.07, 6.45) is 5.23. The van der Waals surface area contributed by atoms with Crippen LogP contribution in [0.1, 0.15) is 44.7 Å². The van der Waals surface area contributed by atoms with Crippen molar-refractivity contribution in [1.82, 2.24) is 4.90 Å². The van der Waals surface area contributed by atoms with Crippen molar-refractivity contribution in [1.29, 1.82) is 5.26 Å². The van der Waals surface area contributed by atoms with Crippen molar-refractivity contribution in [2.45, 2.75) is 45.3 Å². The number of benzene rings is 2. The quantitative estimate of drug-likeness (QED) is 0.585. The molecule has 0 spiro atoms. The first-order valence-corrected chi connectivity index (χ1v) is 12.0. The van der Waals surface area contributed by atoms with Gasteiger partial charge in [0.15, 0.2) is 0 Å². The van der Waals surface area contributed by atoms with E-state index in [0.717, 1.165) is 29.8 Å². The number of carbonyl (C=O) groups excluding carboxylic acids is 1. The lowest BCUT2D eigenvalue weighted by molar-refractivity contribution is 0.0126. The van der Waals surface area contributed by atoms with Crippen LogP contribution in [0.4, 0.5) is 10.5 Å². The number of nitrogens with zero attached hydrogens (tertiary/aromatic N) is 3. The number of hydrogen-bond donors (Lipinski definition) is 1. The second-order valence-corrected chi connectivity index (χ2v) is 9.55. The Morgan fingerprint density at radius 3 is 2.49 bits per heavy atom.